The van der Waals surface area contributed by atoms with Crippen molar-refractivity contribution in [3.63, 3.8) is 0 Å². The van der Waals surface area contributed by atoms with E-state index >= 15 is 0 Å². The first-order valence-electron chi connectivity index (χ1n) is 13.0. The van der Waals surface area contributed by atoms with Crippen LogP contribution >= 0.6 is 34.8 Å². The van der Waals surface area contributed by atoms with Gasteiger partial charge in [-0.25, -0.2) is 4.98 Å². The minimum Gasteiger partial charge on any atom is -0.471 e. The van der Waals surface area contributed by atoms with Gasteiger partial charge in [-0.3, -0.25) is 9.89 Å². The second-order valence-corrected chi connectivity index (χ2v) is 12.0. The number of ether oxygens (including phenoxy) is 1. The summed E-state index contributed by atoms with van der Waals surface area (Å²) in [6.45, 7) is 3.99. The molecular weight excluding hydrogens is 555 g/mol. The lowest BCUT2D eigenvalue weighted by Gasteiger charge is -2.37. The molecule has 2 N–H and O–H groups in total. The van der Waals surface area contributed by atoms with Crippen molar-refractivity contribution in [1.82, 2.24) is 20.5 Å². The second kappa shape index (κ2) is 10.2. The molecule has 39 heavy (non-hydrogen) atoms. The third-order valence-electron chi connectivity index (χ3n) is 7.38. The van der Waals surface area contributed by atoms with Crippen molar-refractivity contribution < 1.29 is 9.53 Å². The summed E-state index contributed by atoms with van der Waals surface area (Å²) in [6.07, 6.45) is 4.52. The molecule has 6 rings (SSSR count). The van der Waals surface area contributed by atoms with E-state index in [-0.39, 0.29) is 11.9 Å². The molecule has 200 valence electrons. The fourth-order valence-corrected chi connectivity index (χ4v) is 6.13. The number of hydrogen-bond donors (Lipinski definition) is 2. The number of benzene rings is 2. The van der Waals surface area contributed by atoms with Crippen molar-refractivity contribution >= 4 is 40.7 Å². The smallest absolute Gasteiger partial charge is 0.272 e. The van der Waals surface area contributed by atoms with E-state index in [0.717, 1.165) is 59.2 Å². The second-order valence-electron chi connectivity index (χ2n) is 10.7. The Balaban J connectivity index is 1.46. The lowest BCUT2D eigenvalue weighted by Crippen LogP contribution is -2.42. The van der Waals surface area contributed by atoms with Crippen LogP contribution < -0.4 is 10.1 Å². The molecule has 6 nitrogen and oxygen atoms in total. The Labute approximate surface area is 242 Å². The van der Waals surface area contributed by atoms with Crippen molar-refractivity contribution in [2.45, 2.75) is 57.6 Å². The van der Waals surface area contributed by atoms with Crippen molar-refractivity contribution in [2.75, 3.05) is 0 Å². The number of pyridine rings is 1. The first-order chi connectivity index (χ1) is 18.7. The maximum absolute atomic E-state index is 13.5. The van der Waals surface area contributed by atoms with Crippen LogP contribution in [0, 0.1) is 0 Å². The van der Waals surface area contributed by atoms with E-state index in [9.17, 15) is 4.79 Å². The number of aryl methyl sites for hydroxylation is 1. The Kier molecular flexibility index (Phi) is 6.82. The summed E-state index contributed by atoms with van der Waals surface area (Å²) in [4.78, 5) is 18.5. The number of halogens is 3. The highest BCUT2D eigenvalue weighted by atomic mass is 35.5. The average Bonchev–Trinajstić information content (AvgIpc) is 3.33. The molecule has 0 saturated heterocycles. The molecule has 0 bridgehead atoms. The van der Waals surface area contributed by atoms with Gasteiger partial charge >= 0.3 is 0 Å². The Hall–Kier alpha value is -3.06. The first-order valence-corrected chi connectivity index (χ1v) is 14.1. The summed E-state index contributed by atoms with van der Waals surface area (Å²) in [6, 6.07) is 14.6. The van der Waals surface area contributed by atoms with Crippen LogP contribution in [0.15, 0.2) is 48.5 Å². The number of nitrogens with zero attached hydrogens (tertiary/aromatic N) is 2. The molecule has 4 aromatic rings. The molecular formula is C30H27Cl3N4O2. The molecule has 0 saturated carbocycles. The number of H-pyrrole nitrogens is 1. The quantitative estimate of drug-likeness (QED) is 0.256. The summed E-state index contributed by atoms with van der Waals surface area (Å²) in [5.74, 6) is 0.264. The van der Waals surface area contributed by atoms with Crippen LogP contribution in [-0.2, 0) is 12.8 Å². The van der Waals surface area contributed by atoms with Gasteiger partial charge in [0.05, 0.1) is 16.8 Å². The number of rotatable bonds is 4. The van der Waals surface area contributed by atoms with Gasteiger partial charge in [0.15, 0.2) is 5.69 Å². The van der Waals surface area contributed by atoms with Crippen LogP contribution in [0.5, 0.6) is 5.88 Å². The molecule has 0 radical (unpaired) electrons. The molecule has 1 aliphatic carbocycles. The molecule has 2 aliphatic rings. The maximum atomic E-state index is 13.5. The Bertz CT molecular complexity index is 1580. The number of amides is 1. The van der Waals surface area contributed by atoms with Crippen LogP contribution in [0.4, 0.5) is 0 Å². The Morgan fingerprint density at radius 2 is 1.74 bits per heavy atom. The molecule has 1 atom stereocenters. The molecule has 9 heteroatoms. The fourth-order valence-electron chi connectivity index (χ4n) is 5.51. The zero-order valence-electron chi connectivity index (χ0n) is 21.6. The predicted octanol–water partition coefficient (Wildman–Crippen LogP) is 8.01. The summed E-state index contributed by atoms with van der Waals surface area (Å²) in [5, 5.41) is 12.3. The van der Waals surface area contributed by atoms with E-state index in [4.69, 9.17) is 44.5 Å². The predicted molar refractivity (Wildman–Crippen MR) is 155 cm³/mol. The number of hydrogen-bond acceptors (Lipinski definition) is 4. The van der Waals surface area contributed by atoms with E-state index in [1.54, 1.807) is 12.1 Å². The maximum Gasteiger partial charge on any atom is 0.272 e. The number of aromatic amines is 1. The molecule has 1 amide bonds. The van der Waals surface area contributed by atoms with Gasteiger partial charge in [-0.1, -0.05) is 46.9 Å². The number of nitrogens with one attached hydrogen (secondary N) is 2. The van der Waals surface area contributed by atoms with Crippen molar-refractivity contribution in [2.24, 2.45) is 0 Å². The zero-order valence-corrected chi connectivity index (χ0v) is 23.8. The number of carbonyl (C=O) groups is 1. The third-order valence-corrected chi connectivity index (χ3v) is 8.18. The summed E-state index contributed by atoms with van der Waals surface area (Å²) < 4.78 is 6.37. The van der Waals surface area contributed by atoms with Crippen molar-refractivity contribution in [3.8, 4) is 28.3 Å². The van der Waals surface area contributed by atoms with E-state index in [2.05, 4.69) is 15.5 Å². The normalized spacial score (nSPS) is 17.6. The van der Waals surface area contributed by atoms with Gasteiger partial charge in [-0.15, -0.1) is 0 Å². The summed E-state index contributed by atoms with van der Waals surface area (Å²) >= 11 is 19.0. The van der Waals surface area contributed by atoms with Gasteiger partial charge in [0.1, 0.15) is 5.60 Å². The molecule has 1 aliphatic heterocycles. The van der Waals surface area contributed by atoms with Crippen LogP contribution in [-0.4, -0.2) is 26.7 Å². The largest absolute Gasteiger partial charge is 0.471 e. The molecule has 0 unspecified atom stereocenters. The lowest BCUT2D eigenvalue weighted by molar-refractivity contribution is 0.0571. The minimum atomic E-state index is -0.564. The third kappa shape index (κ3) is 5.13. The zero-order chi connectivity index (χ0) is 27.3. The number of carbonyl (C=O) groups excluding carboxylic acids is 1. The van der Waals surface area contributed by atoms with Gasteiger partial charge in [-0.2, -0.15) is 5.10 Å². The molecule has 3 heterocycles. The van der Waals surface area contributed by atoms with Crippen LogP contribution in [0.3, 0.4) is 0 Å². The SMILES string of the molecule is CC1(C)C[C@@H](NC(=O)c2n[nH]c3c2CCCC3)c2cc(-c3ccc(Cl)cc3)c(-c3ccc(Cl)cc3Cl)nc2O1. The van der Waals surface area contributed by atoms with E-state index < -0.39 is 5.60 Å². The van der Waals surface area contributed by atoms with E-state index in [0.29, 0.717) is 38.8 Å². The van der Waals surface area contributed by atoms with Gasteiger partial charge in [0.2, 0.25) is 5.88 Å². The highest BCUT2D eigenvalue weighted by Gasteiger charge is 2.37. The topological polar surface area (TPSA) is 79.9 Å². The molecule has 0 spiro atoms. The van der Waals surface area contributed by atoms with Crippen molar-refractivity contribution in [3.05, 3.63) is 86.1 Å². The monoisotopic (exact) mass is 580 g/mol. The Morgan fingerprint density at radius 3 is 2.51 bits per heavy atom. The molecule has 2 aromatic carbocycles. The van der Waals surface area contributed by atoms with E-state index in [1.165, 1.54) is 0 Å². The van der Waals surface area contributed by atoms with Crippen LogP contribution in [0.25, 0.3) is 22.4 Å². The average molecular weight is 582 g/mol. The van der Waals surface area contributed by atoms with Gasteiger partial charge in [0.25, 0.3) is 5.91 Å². The fraction of sp³-hybridized carbons (Fsp3) is 0.300. The lowest BCUT2D eigenvalue weighted by atomic mass is 9.88. The van der Waals surface area contributed by atoms with Crippen LogP contribution in [0.1, 0.15) is 66.5 Å². The van der Waals surface area contributed by atoms with Crippen LogP contribution in [0.2, 0.25) is 15.1 Å². The summed E-state index contributed by atoms with van der Waals surface area (Å²) in [7, 11) is 0. The number of aromatic nitrogens is 3. The first kappa shape index (κ1) is 26.2. The summed E-state index contributed by atoms with van der Waals surface area (Å²) in [5.41, 5.74) is 5.93. The van der Waals surface area contributed by atoms with E-state index in [1.807, 2.05) is 50.2 Å². The van der Waals surface area contributed by atoms with Gasteiger partial charge < -0.3 is 10.1 Å². The van der Waals surface area contributed by atoms with Gasteiger partial charge in [0, 0.05) is 44.4 Å². The highest BCUT2D eigenvalue weighted by molar-refractivity contribution is 6.36. The Morgan fingerprint density at radius 1 is 1.00 bits per heavy atom. The highest BCUT2D eigenvalue weighted by Crippen LogP contribution is 2.45. The van der Waals surface area contributed by atoms with Gasteiger partial charge in [-0.05, 0) is 81.5 Å². The molecule has 2 aromatic heterocycles. The molecule has 0 fully saturated rings. The number of fused-ring (bicyclic) bond motifs is 2. The standard InChI is InChI=1S/C30H27Cl3N4O2/c1-30(2)15-25(34-28(38)27-20-5-3-4-6-24(20)36-37-27)22-14-21(16-7-9-17(31)10-8-16)26(35-29(22)39-30)19-12-11-18(32)13-23(19)33/h7-14,25H,3-6,15H2,1-2H3,(H,34,38)(H,36,37)/t25-/m1/s1. The minimum absolute atomic E-state index is 0.194. The van der Waals surface area contributed by atoms with Crippen molar-refractivity contribution in [1.29, 1.82) is 0 Å².